The molecule has 0 aliphatic carbocycles. The Morgan fingerprint density at radius 2 is 2.00 bits per heavy atom. The fraction of sp³-hybridized carbons (Fsp3) is 0.286. The molecule has 18 heavy (non-hydrogen) atoms. The van der Waals surface area contributed by atoms with E-state index >= 15 is 0 Å². The lowest BCUT2D eigenvalue weighted by Crippen LogP contribution is -2.44. The van der Waals surface area contributed by atoms with Gasteiger partial charge in [-0.05, 0) is 25.8 Å². The lowest BCUT2D eigenvalue weighted by Gasteiger charge is -2.35. The molecule has 0 bridgehead atoms. The van der Waals surface area contributed by atoms with E-state index in [-0.39, 0.29) is 5.54 Å². The largest absolute Gasteiger partial charge is 0.379 e. The highest BCUT2D eigenvalue weighted by atomic mass is 16.2. The molecule has 3 N–H and O–H groups in total. The van der Waals surface area contributed by atoms with Crippen molar-refractivity contribution in [3.8, 4) is 0 Å². The van der Waals surface area contributed by atoms with Gasteiger partial charge >= 0.3 is 0 Å². The van der Waals surface area contributed by atoms with Crippen molar-refractivity contribution in [3.63, 3.8) is 0 Å². The molecular weight excluding hydrogens is 228 g/mol. The molecular formula is C14H16N2O2. The van der Waals surface area contributed by atoms with Crippen LogP contribution in [0.25, 0.3) is 5.70 Å². The Balaban J connectivity index is 2.48. The number of hydrogen-bond acceptors (Lipinski definition) is 3. The molecule has 1 aliphatic rings. The molecule has 1 amide bonds. The predicted octanol–water partition coefficient (Wildman–Crippen LogP) is 1.01. The van der Waals surface area contributed by atoms with Crippen LogP contribution in [0.2, 0.25) is 0 Å². The van der Waals surface area contributed by atoms with Gasteiger partial charge in [0.05, 0.1) is 0 Å². The van der Waals surface area contributed by atoms with Crippen molar-refractivity contribution in [1.29, 1.82) is 0 Å². The van der Waals surface area contributed by atoms with E-state index in [1.54, 1.807) is 0 Å². The summed E-state index contributed by atoms with van der Waals surface area (Å²) in [6.45, 7) is 4.09. The molecule has 1 heterocycles. The van der Waals surface area contributed by atoms with Crippen molar-refractivity contribution in [2.75, 3.05) is 0 Å². The van der Waals surface area contributed by atoms with Crippen LogP contribution in [0.1, 0.15) is 25.0 Å². The molecule has 4 heteroatoms. The molecule has 2 rings (SSSR count). The second-order valence-electron chi connectivity index (χ2n) is 5.13. The summed E-state index contributed by atoms with van der Waals surface area (Å²) in [5.74, 6) is -1.63. The molecule has 0 aromatic heterocycles. The lowest BCUT2D eigenvalue weighted by molar-refractivity contribution is -0.133. The number of fused-ring (bicyclic) bond motifs is 1. The highest BCUT2D eigenvalue weighted by Gasteiger charge is 2.27. The standard InChI is InChI=1S/C14H16N2O2/c1-14(2)8-9-5-3-4-6-10(9)11(16-14)7-12(17)13(15)18/h3-7,16H,8H2,1-2H3,(H2,15,18)/b11-7-. The van der Waals surface area contributed by atoms with Crippen LogP contribution in [0, 0.1) is 0 Å². The number of rotatable bonds is 2. The minimum atomic E-state index is -0.940. The minimum absolute atomic E-state index is 0.155. The number of benzene rings is 1. The fourth-order valence-electron chi connectivity index (χ4n) is 2.21. The van der Waals surface area contributed by atoms with Gasteiger partial charge in [-0.3, -0.25) is 9.59 Å². The number of ketones is 1. The lowest BCUT2D eigenvalue weighted by atomic mass is 9.85. The summed E-state index contributed by atoms with van der Waals surface area (Å²) in [5.41, 5.74) is 7.59. The summed E-state index contributed by atoms with van der Waals surface area (Å²) in [6, 6.07) is 7.83. The number of nitrogens with two attached hydrogens (primary N) is 1. The third-order valence-electron chi connectivity index (χ3n) is 2.93. The van der Waals surface area contributed by atoms with Gasteiger partial charge in [0.1, 0.15) is 0 Å². The molecule has 0 saturated heterocycles. The van der Waals surface area contributed by atoms with Crippen molar-refractivity contribution in [2.45, 2.75) is 25.8 Å². The second-order valence-corrected chi connectivity index (χ2v) is 5.13. The number of carbonyl (C=O) groups excluding carboxylic acids is 2. The molecule has 1 aromatic rings. The van der Waals surface area contributed by atoms with Gasteiger partial charge in [0.2, 0.25) is 5.78 Å². The van der Waals surface area contributed by atoms with Crippen molar-refractivity contribution < 1.29 is 9.59 Å². The molecule has 1 aliphatic heterocycles. The Bertz CT molecular complexity index is 544. The first-order chi connectivity index (χ1) is 8.39. The monoisotopic (exact) mass is 244 g/mol. The first-order valence-electron chi connectivity index (χ1n) is 5.81. The maximum Gasteiger partial charge on any atom is 0.289 e. The van der Waals surface area contributed by atoms with Gasteiger partial charge in [0, 0.05) is 22.9 Å². The van der Waals surface area contributed by atoms with Crippen LogP contribution >= 0.6 is 0 Å². The van der Waals surface area contributed by atoms with Gasteiger partial charge in [-0.2, -0.15) is 0 Å². The molecule has 0 atom stereocenters. The normalized spacial score (nSPS) is 18.9. The van der Waals surface area contributed by atoms with Gasteiger partial charge in [0.25, 0.3) is 5.91 Å². The zero-order chi connectivity index (χ0) is 13.3. The Morgan fingerprint density at radius 3 is 2.67 bits per heavy atom. The van der Waals surface area contributed by atoms with E-state index in [9.17, 15) is 9.59 Å². The molecule has 0 fully saturated rings. The highest BCUT2D eigenvalue weighted by Crippen LogP contribution is 2.29. The third-order valence-corrected chi connectivity index (χ3v) is 2.93. The van der Waals surface area contributed by atoms with E-state index in [1.807, 2.05) is 38.1 Å². The number of amides is 1. The molecule has 4 nitrogen and oxygen atoms in total. The average molecular weight is 244 g/mol. The van der Waals surface area contributed by atoms with E-state index < -0.39 is 11.7 Å². The molecule has 0 unspecified atom stereocenters. The Morgan fingerprint density at radius 1 is 1.33 bits per heavy atom. The SMILES string of the molecule is CC1(C)Cc2ccccc2/C(=C/C(=O)C(N)=O)N1. The highest BCUT2D eigenvalue weighted by molar-refractivity contribution is 6.41. The predicted molar refractivity (Wildman–Crippen MR) is 69.5 cm³/mol. The summed E-state index contributed by atoms with van der Waals surface area (Å²) in [7, 11) is 0. The third kappa shape index (κ3) is 2.42. The second kappa shape index (κ2) is 4.29. The molecule has 0 spiro atoms. The Hall–Kier alpha value is -2.10. The zero-order valence-electron chi connectivity index (χ0n) is 10.5. The van der Waals surface area contributed by atoms with Gasteiger partial charge in [0.15, 0.2) is 0 Å². The fourth-order valence-corrected chi connectivity index (χ4v) is 2.21. The quantitative estimate of drug-likeness (QED) is 0.602. The van der Waals surface area contributed by atoms with Crippen LogP contribution in [-0.4, -0.2) is 17.2 Å². The molecule has 1 aromatic carbocycles. The van der Waals surface area contributed by atoms with Crippen molar-refractivity contribution in [2.24, 2.45) is 5.73 Å². The van der Waals surface area contributed by atoms with Crippen LogP contribution in [-0.2, 0) is 16.0 Å². The summed E-state index contributed by atoms with van der Waals surface area (Å²) >= 11 is 0. The van der Waals surface area contributed by atoms with Gasteiger partial charge < -0.3 is 11.1 Å². The Labute approximate surface area is 106 Å². The van der Waals surface area contributed by atoms with E-state index in [0.717, 1.165) is 17.5 Å². The van der Waals surface area contributed by atoms with Crippen LogP contribution in [0.15, 0.2) is 30.3 Å². The molecule has 0 radical (unpaired) electrons. The summed E-state index contributed by atoms with van der Waals surface area (Å²) < 4.78 is 0. The van der Waals surface area contributed by atoms with E-state index in [1.165, 1.54) is 6.08 Å². The topological polar surface area (TPSA) is 72.2 Å². The van der Waals surface area contributed by atoms with Gasteiger partial charge in [-0.15, -0.1) is 0 Å². The van der Waals surface area contributed by atoms with Gasteiger partial charge in [-0.25, -0.2) is 0 Å². The van der Waals surface area contributed by atoms with Gasteiger partial charge in [-0.1, -0.05) is 24.3 Å². The maximum atomic E-state index is 11.4. The average Bonchev–Trinajstić information content (AvgIpc) is 2.27. The summed E-state index contributed by atoms with van der Waals surface area (Å²) in [4.78, 5) is 22.3. The smallest absolute Gasteiger partial charge is 0.289 e. The van der Waals surface area contributed by atoms with Crippen LogP contribution in [0.3, 0.4) is 0 Å². The molecule has 0 saturated carbocycles. The van der Waals surface area contributed by atoms with E-state index in [2.05, 4.69) is 5.32 Å². The number of hydrogen-bond donors (Lipinski definition) is 2. The summed E-state index contributed by atoms with van der Waals surface area (Å²) in [6.07, 6.45) is 2.15. The van der Waals surface area contributed by atoms with Crippen LogP contribution < -0.4 is 11.1 Å². The van der Waals surface area contributed by atoms with E-state index in [0.29, 0.717) is 5.70 Å². The van der Waals surface area contributed by atoms with Crippen LogP contribution in [0.4, 0.5) is 0 Å². The maximum absolute atomic E-state index is 11.4. The van der Waals surface area contributed by atoms with Crippen molar-refractivity contribution in [3.05, 3.63) is 41.5 Å². The number of primary amides is 1. The van der Waals surface area contributed by atoms with Crippen molar-refractivity contribution in [1.82, 2.24) is 5.32 Å². The number of nitrogens with one attached hydrogen (secondary N) is 1. The Kier molecular flexibility index (Phi) is 2.95. The minimum Gasteiger partial charge on any atom is -0.379 e. The van der Waals surface area contributed by atoms with E-state index in [4.69, 9.17) is 5.73 Å². The first-order valence-corrected chi connectivity index (χ1v) is 5.81. The number of carbonyl (C=O) groups is 2. The zero-order valence-corrected chi connectivity index (χ0v) is 10.5. The molecule has 94 valence electrons. The first kappa shape index (κ1) is 12.4. The van der Waals surface area contributed by atoms with Crippen LogP contribution in [0.5, 0.6) is 0 Å². The van der Waals surface area contributed by atoms with Crippen molar-refractivity contribution >= 4 is 17.4 Å². The summed E-state index contributed by atoms with van der Waals surface area (Å²) in [5, 5.41) is 3.27.